The fraction of sp³-hybridized carbons (Fsp3) is 0.133. The molecule has 96 valence electrons. The first-order chi connectivity index (χ1) is 9.19. The van der Waals surface area contributed by atoms with Crippen molar-refractivity contribution < 1.29 is 4.39 Å². The van der Waals surface area contributed by atoms with Gasteiger partial charge in [-0.2, -0.15) is 17.0 Å². The van der Waals surface area contributed by atoms with Crippen molar-refractivity contribution in [1.82, 2.24) is 0 Å². The molecule has 0 saturated carbocycles. The van der Waals surface area contributed by atoms with Crippen LogP contribution in [0.1, 0.15) is 16.7 Å². The predicted molar refractivity (Wildman–Crippen MR) is 80.3 cm³/mol. The van der Waals surface area contributed by atoms with Crippen LogP contribution in [0.15, 0.2) is 46.9 Å². The number of halogens is 2. The van der Waals surface area contributed by atoms with Crippen molar-refractivity contribution in [3.05, 3.63) is 69.4 Å². The maximum absolute atomic E-state index is 13.6. The molecule has 2 aromatic carbocycles. The van der Waals surface area contributed by atoms with Crippen molar-refractivity contribution in [2.45, 2.75) is 11.5 Å². The Morgan fingerprint density at radius 3 is 2.47 bits per heavy atom. The molecule has 0 spiro atoms. The van der Waals surface area contributed by atoms with E-state index >= 15 is 0 Å². The Balaban J connectivity index is 1.91. The van der Waals surface area contributed by atoms with Crippen LogP contribution in [0, 0.1) is 17.1 Å². The van der Waals surface area contributed by atoms with E-state index in [9.17, 15) is 4.39 Å². The molecule has 19 heavy (non-hydrogen) atoms. The molecule has 0 aromatic heterocycles. The minimum Gasteiger partial charge on any atom is -0.207 e. The number of thioether (sulfide) groups is 1. The first-order valence-electron chi connectivity index (χ1n) is 5.70. The van der Waals surface area contributed by atoms with E-state index in [2.05, 4.69) is 22.0 Å². The standard InChI is InChI=1S/C15H11BrFNS/c16-14-6-5-13(15(17)7-14)10-19-9-12-3-1-11(8-18)2-4-12/h1-7H,9-10H2. The van der Waals surface area contributed by atoms with Crippen LogP contribution in [0.2, 0.25) is 0 Å². The van der Waals surface area contributed by atoms with Gasteiger partial charge in [-0.15, -0.1) is 0 Å². The zero-order valence-corrected chi connectivity index (χ0v) is 12.5. The van der Waals surface area contributed by atoms with Gasteiger partial charge >= 0.3 is 0 Å². The number of hydrogen-bond acceptors (Lipinski definition) is 2. The Bertz CT molecular complexity index is 605. The highest BCUT2D eigenvalue weighted by atomic mass is 79.9. The van der Waals surface area contributed by atoms with Gasteiger partial charge in [0.2, 0.25) is 0 Å². The van der Waals surface area contributed by atoms with Crippen LogP contribution in [-0.2, 0) is 11.5 Å². The van der Waals surface area contributed by atoms with Crippen molar-refractivity contribution >= 4 is 27.7 Å². The summed E-state index contributed by atoms with van der Waals surface area (Å²) >= 11 is 4.90. The molecule has 0 heterocycles. The van der Waals surface area contributed by atoms with Gasteiger partial charge in [0.1, 0.15) is 5.82 Å². The van der Waals surface area contributed by atoms with Gasteiger partial charge in [0.25, 0.3) is 0 Å². The second kappa shape index (κ2) is 6.74. The van der Waals surface area contributed by atoms with E-state index in [0.29, 0.717) is 16.9 Å². The zero-order chi connectivity index (χ0) is 13.7. The van der Waals surface area contributed by atoms with Crippen molar-refractivity contribution in [3.63, 3.8) is 0 Å². The summed E-state index contributed by atoms with van der Waals surface area (Å²) in [4.78, 5) is 0. The Hall–Kier alpha value is -1.31. The summed E-state index contributed by atoms with van der Waals surface area (Å²) in [5.74, 6) is 1.27. The van der Waals surface area contributed by atoms with Gasteiger partial charge in [-0.05, 0) is 35.4 Å². The predicted octanol–water partition coefficient (Wildman–Crippen LogP) is 4.89. The lowest BCUT2D eigenvalue weighted by molar-refractivity contribution is 0.616. The van der Waals surface area contributed by atoms with Gasteiger partial charge in [0.05, 0.1) is 11.6 Å². The van der Waals surface area contributed by atoms with Crippen LogP contribution in [0.4, 0.5) is 4.39 Å². The molecule has 0 atom stereocenters. The number of nitriles is 1. The number of nitrogens with zero attached hydrogens (tertiary/aromatic N) is 1. The van der Waals surface area contributed by atoms with E-state index in [4.69, 9.17) is 5.26 Å². The highest BCUT2D eigenvalue weighted by molar-refractivity contribution is 9.10. The minimum atomic E-state index is -0.179. The van der Waals surface area contributed by atoms with Crippen LogP contribution in [-0.4, -0.2) is 0 Å². The molecular formula is C15H11BrFNS. The maximum atomic E-state index is 13.6. The Morgan fingerprint density at radius 1 is 1.11 bits per heavy atom. The van der Waals surface area contributed by atoms with Crippen LogP contribution in [0.3, 0.4) is 0 Å². The summed E-state index contributed by atoms with van der Waals surface area (Å²) in [6.45, 7) is 0. The van der Waals surface area contributed by atoms with Gasteiger partial charge < -0.3 is 0 Å². The molecule has 0 bridgehead atoms. The largest absolute Gasteiger partial charge is 0.207 e. The molecule has 4 heteroatoms. The van der Waals surface area contributed by atoms with Crippen LogP contribution < -0.4 is 0 Å². The third-order valence-corrected chi connectivity index (χ3v) is 4.17. The first kappa shape index (κ1) is 14.1. The normalized spacial score (nSPS) is 10.2. The summed E-state index contributed by atoms with van der Waals surface area (Å²) in [6.07, 6.45) is 0. The topological polar surface area (TPSA) is 23.8 Å². The smallest absolute Gasteiger partial charge is 0.128 e. The fourth-order valence-electron chi connectivity index (χ4n) is 1.59. The Kier molecular flexibility index (Phi) is 5.00. The highest BCUT2D eigenvalue weighted by Gasteiger charge is 2.03. The SMILES string of the molecule is N#Cc1ccc(CSCc2ccc(Br)cc2F)cc1. The molecule has 2 aromatic rings. The quantitative estimate of drug-likeness (QED) is 0.793. The molecule has 2 rings (SSSR count). The van der Waals surface area contributed by atoms with E-state index in [0.717, 1.165) is 15.8 Å². The third kappa shape index (κ3) is 4.09. The van der Waals surface area contributed by atoms with Crippen LogP contribution >= 0.6 is 27.7 Å². The molecular weight excluding hydrogens is 325 g/mol. The molecule has 0 N–H and O–H groups in total. The molecule has 0 saturated heterocycles. The van der Waals surface area contributed by atoms with Crippen LogP contribution in [0.25, 0.3) is 0 Å². The summed E-state index contributed by atoms with van der Waals surface area (Å²) in [5.41, 5.74) is 2.51. The molecule has 0 aliphatic heterocycles. The lowest BCUT2D eigenvalue weighted by Crippen LogP contribution is -1.88. The van der Waals surface area contributed by atoms with Crippen molar-refractivity contribution in [2.24, 2.45) is 0 Å². The average molecular weight is 336 g/mol. The zero-order valence-electron chi connectivity index (χ0n) is 10.1. The molecule has 1 nitrogen and oxygen atoms in total. The van der Waals surface area contributed by atoms with Crippen molar-refractivity contribution in [3.8, 4) is 6.07 Å². The van der Waals surface area contributed by atoms with Gasteiger partial charge in [-0.1, -0.05) is 34.1 Å². The second-order valence-electron chi connectivity index (χ2n) is 4.04. The number of hydrogen-bond donors (Lipinski definition) is 0. The molecule has 0 radical (unpaired) electrons. The average Bonchev–Trinajstić information content (AvgIpc) is 2.42. The van der Waals surface area contributed by atoms with E-state index in [-0.39, 0.29) is 5.82 Å². The van der Waals surface area contributed by atoms with Crippen molar-refractivity contribution in [1.29, 1.82) is 5.26 Å². The fourth-order valence-corrected chi connectivity index (χ4v) is 2.91. The van der Waals surface area contributed by atoms with Gasteiger partial charge in [0.15, 0.2) is 0 Å². The molecule has 0 unspecified atom stereocenters. The number of benzene rings is 2. The summed E-state index contributed by atoms with van der Waals surface area (Å²) in [5, 5.41) is 8.71. The number of rotatable bonds is 4. The summed E-state index contributed by atoms with van der Waals surface area (Å²) in [7, 11) is 0. The molecule has 0 amide bonds. The van der Waals surface area contributed by atoms with E-state index in [1.807, 2.05) is 18.2 Å². The van der Waals surface area contributed by atoms with E-state index in [1.165, 1.54) is 6.07 Å². The highest BCUT2D eigenvalue weighted by Crippen LogP contribution is 2.22. The van der Waals surface area contributed by atoms with Crippen molar-refractivity contribution in [2.75, 3.05) is 0 Å². The van der Waals surface area contributed by atoms with Gasteiger partial charge in [-0.25, -0.2) is 4.39 Å². The minimum absolute atomic E-state index is 0.179. The second-order valence-corrected chi connectivity index (χ2v) is 5.94. The lowest BCUT2D eigenvalue weighted by atomic mass is 10.2. The first-order valence-corrected chi connectivity index (χ1v) is 7.64. The maximum Gasteiger partial charge on any atom is 0.128 e. The van der Waals surface area contributed by atoms with E-state index in [1.54, 1.807) is 30.0 Å². The molecule has 0 aliphatic carbocycles. The van der Waals surface area contributed by atoms with E-state index < -0.39 is 0 Å². The molecule has 0 aliphatic rings. The summed E-state index contributed by atoms with van der Waals surface area (Å²) in [6, 6.07) is 14.7. The van der Waals surface area contributed by atoms with Crippen LogP contribution in [0.5, 0.6) is 0 Å². The summed E-state index contributed by atoms with van der Waals surface area (Å²) < 4.78 is 14.4. The lowest BCUT2D eigenvalue weighted by Gasteiger charge is -2.04. The monoisotopic (exact) mass is 335 g/mol. The third-order valence-electron chi connectivity index (χ3n) is 2.62. The van der Waals surface area contributed by atoms with Gasteiger partial charge in [-0.3, -0.25) is 0 Å². The Labute approximate surface area is 124 Å². The van der Waals surface area contributed by atoms with Gasteiger partial charge in [0, 0.05) is 16.0 Å². The Morgan fingerprint density at radius 2 is 1.84 bits per heavy atom. The molecule has 0 fully saturated rings.